The average molecular weight is 548 g/mol. The lowest BCUT2D eigenvalue weighted by Gasteiger charge is -2.33. The number of hydrogen-bond donors (Lipinski definition) is 1. The van der Waals surface area contributed by atoms with Crippen LogP contribution in [0.3, 0.4) is 0 Å². The molecule has 2 heterocycles. The van der Waals surface area contributed by atoms with Gasteiger partial charge >= 0.3 is 12.8 Å². The fourth-order valence-electron chi connectivity index (χ4n) is 4.95. The van der Waals surface area contributed by atoms with Crippen molar-refractivity contribution in [1.82, 2.24) is 9.88 Å². The first-order valence-electron chi connectivity index (χ1n) is 11.7. The number of anilines is 1. The molecule has 1 aromatic carbocycles. The number of nitrogens with one attached hydrogen (secondary N) is 1. The molecule has 1 aliphatic heterocycles. The van der Waals surface area contributed by atoms with Crippen LogP contribution >= 0.6 is 0 Å². The predicted molar refractivity (Wildman–Crippen MR) is 125 cm³/mol. The SMILES string of the molecule is CN(C(=O)C1CCS(=O)(=O)CC1)[C@@H](c1ccc(NC2Cc3cccc(OC(F)F)c3C2)cn1)C(F)(F)F. The van der Waals surface area contributed by atoms with E-state index in [-0.39, 0.29) is 41.8 Å². The number of amides is 1. The van der Waals surface area contributed by atoms with E-state index in [1.54, 1.807) is 12.1 Å². The summed E-state index contributed by atoms with van der Waals surface area (Å²) in [6.45, 7) is -2.95. The number of alkyl halides is 5. The van der Waals surface area contributed by atoms with Crippen molar-refractivity contribution in [2.24, 2.45) is 5.92 Å². The maximum atomic E-state index is 14.0. The van der Waals surface area contributed by atoms with Crippen molar-refractivity contribution in [3.63, 3.8) is 0 Å². The van der Waals surface area contributed by atoms with Gasteiger partial charge in [0.25, 0.3) is 0 Å². The predicted octanol–water partition coefficient (Wildman–Crippen LogP) is 4.15. The molecule has 13 heteroatoms. The molecule has 1 fully saturated rings. The quantitative estimate of drug-likeness (QED) is 0.524. The number of halogens is 5. The van der Waals surface area contributed by atoms with Crippen molar-refractivity contribution in [3.05, 3.63) is 53.3 Å². The standard InChI is InChI=1S/C24H26F5N3O4S/c1-32(22(33)14-7-9-37(34,35)10-8-14)21(24(27,28)29)19-6-5-16(13-30-19)31-17-11-15-3-2-4-20(18(15)12-17)36-23(25)26/h2-6,13-14,17,21,23,31H,7-12H2,1H3/t17?,21-/m0/s1. The third-order valence-corrected chi connectivity index (χ3v) is 8.46. The van der Waals surface area contributed by atoms with Crippen LogP contribution < -0.4 is 10.1 Å². The summed E-state index contributed by atoms with van der Waals surface area (Å²) in [4.78, 5) is 17.4. The molecule has 1 aliphatic carbocycles. The molecule has 1 aromatic heterocycles. The van der Waals surface area contributed by atoms with Crippen LogP contribution in [-0.2, 0) is 27.5 Å². The molecule has 0 radical (unpaired) electrons. The Balaban J connectivity index is 1.45. The molecule has 0 saturated carbocycles. The van der Waals surface area contributed by atoms with Crippen molar-refractivity contribution < 1.29 is 39.9 Å². The Labute approximate surface area is 210 Å². The van der Waals surface area contributed by atoms with Crippen LogP contribution in [0.25, 0.3) is 0 Å². The number of ether oxygens (including phenoxy) is 1. The summed E-state index contributed by atoms with van der Waals surface area (Å²) < 4.78 is 95.2. The zero-order chi connectivity index (χ0) is 27.0. The third-order valence-electron chi connectivity index (χ3n) is 6.75. The van der Waals surface area contributed by atoms with Gasteiger partial charge in [-0.15, -0.1) is 0 Å². The Bertz CT molecular complexity index is 1220. The third kappa shape index (κ3) is 6.31. The summed E-state index contributed by atoms with van der Waals surface area (Å²) in [6.07, 6.45) is -2.70. The van der Waals surface area contributed by atoms with Crippen molar-refractivity contribution >= 4 is 21.4 Å². The normalized spacial score (nSPS) is 20.4. The molecule has 0 spiro atoms. The summed E-state index contributed by atoms with van der Waals surface area (Å²) in [6, 6.07) is 5.00. The summed E-state index contributed by atoms with van der Waals surface area (Å²) in [5, 5.41) is 3.16. The van der Waals surface area contributed by atoms with Crippen molar-refractivity contribution in [3.8, 4) is 5.75 Å². The molecule has 1 unspecified atom stereocenters. The van der Waals surface area contributed by atoms with Crippen molar-refractivity contribution in [2.45, 2.75) is 50.6 Å². The number of benzene rings is 1. The van der Waals surface area contributed by atoms with Crippen LogP contribution in [0.15, 0.2) is 36.5 Å². The van der Waals surface area contributed by atoms with E-state index in [0.29, 0.717) is 29.0 Å². The molecular weight excluding hydrogens is 521 g/mol. The van der Waals surface area contributed by atoms with E-state index in [2.05, 4.69) is 15.0 Å². The Morgan fingerprint density at radius 2 is 1.84 bits per heavy atom. The average Bonchev–Trinajstić information content (AvgIpc) is 3.22. The van der Waals surface area contributed by atoms with Crippen LogP contribution in [0.4, 0.5) is 27.6 Å². The molecule has 2 atom stereocenters. The van der Waals surface area contributed by atoms with Gasteiger partial charge in [0.2, 0.25) is 5.91 Å². The second kappa shape index (κ2) is 10.4. The van der Waals surface area contributed by atoms with E-state index < -0.39 is 40.5 Å². The Kier molecular flexibility index (Phi) is 7.63. The van der Waals surface area contributed by atoms with Crippen LogP contribution in [0, 0.1) is 5.92 Å². The van der Waals surface area contributed by atoms with Gasteiger partial charge in [-0.05, 0) is 55.0 Å². The van der Waals surface area contributed by atoms with Gasteiger partial charge in [-0.25, -0.2) is 8.42 Å². The number of carbonyl (C=O) groups excluding carboxylic acids is 1. The molecule has 4 rings (SSSR count). The van der Waals surface area contributed by atoms with E-state index in [1.165, 1.54) is 24.4 Å². The Hall–Kier alpha value is -2.96. The molecule has 1 amide bonds. The topological polar surface area (TPSA) is 88.6 Å². The first-order chi connectivity index (χ1) is 17.3. The van der Waals surface area contributed by atoms with Gasteiger partial charge in [0.15, 0.2) is 6.04 Å². The van der Waals surface area contributed by atoms with Crippen molar-refractivity contribution in [2.75, 3.05) is 23.9 Å². The number of hydrogen-bond acceptors (Lipinski definition) is 6. The Morgan fingerprint density at radius 3 is 2.43 bits per heavy atom. The molecule has 37 heavy (non-hydrogen) atoms. The molecule has 1 saturated heterocycles. The minimum atomic E-state index is -4.80. The molecule has 202 valence electrons. The van der Waals surface area contributed by atoms with Crippen molar-refractivity contribution in [1.29, 1.82) is 0 Å². The number of nitrogens with zero attached hydrogens (tertiary/aromatic N) is 2. The molecule has 2 aliphatic rings. The largest absolute Gasteiger partial charge is 0.435 e. The summed E-state index contributed by atoms with van der Waals surface area (Å²) in [5.74, 6) is -1.93. The minimum Gasteiger partial charge on any atom is -0.435 e. The minimum absolute atomic E-state index is 0.0137. The molecule has 1 N–H and O–H groups in total. The zero-order valence-electron chi connectivity index (χ0n) is 19.8. The van der Waals surface area contributed by atoms with E-state index in [1.807, 2.05) is 0 Å². The summed E-state index contributed by atoms with van der Waals surface area (Å²) in [5.41, 5.74) is 1.55. The first-order valence-corrected chi connectivity index (χ1v) is 13.5. The number of carbonyl (C=O) groups is 1. The lowest BCUT2D eigenvalue weighted by molar-refractivity contribution is -0.191. The number of fused-ring (bicyclic) bond motifs is 1. The van der Waals surface area contributed by atoms with Gasteiger partial charge in [0.1, 0.15) is 15.6 Å². The first kappa shape index (κ1) is 27.1. The van der Waals surface area contributed by atoms with Gasteiger partial charge in [-0.2, -0.15) is 22.0 Å². The maximum Gasteiger partial charge on any atom is 0.414 e. The van der Waals surface area contributed by atoms with Crippen LogP contribution in [0.5, 0.6) is 5.75 Å². The van der Waals surface area contributed by atoms with E-state index in [0.717, 1.165) is 12.6 Å². The van der Waals surface area contributed by atoms with E-state index >= 15 is 0 Å². The van der Waals surface area contributed by atoms with Crippen LogP contribution in [0.1, 0.15) is 35.7 Å². The molecular formula is C24H26F5N3O4S. The van der Waals surface area contributed by atoms with Gasteiger partial charge < -0.3 is 15.0 Å². The molecule has 0 bridgehead atoms. The smallest absolute Gasteiger partial charge is 0.414 e. The maximum absolute atomic E-state index is 14.0. The highest BCUT2D eigenvalue weighted by atomic mass is 32.2. The summed E-state index contributed by atoms with van der Waals surface area (Å²) >= 11 is 0. The van der Waals surface area contributed by atoms with E-state index in [9.17, 15) is 35.2 Å². The highest BCUT2D eigenvalue weighted by molar-refractivity contribution is 7.91. The number of aromatic nitrogens is 1. The Morgan fingerprint density at radius 1 is 1.14 bits per heavy atom. The van der Waals surface area contributed by atoms with E-state index in [4.69, 9.17) is 0 Å². The summed E-state index contributed by atoms with van der Waals surface area (Å²) in [7, 11) is -2.22. The van der Waals surface area contributed by atoms with Gasteiger partial charge in [0, 0.05) is 19.0 Å². The molecule has 2 aromatic rings. The zero-order valence-corrected chi connectivity index (χ0v) is 20.7. The van der Waals surface area contributed by atoms with Crippen LogP contribution in [-0.4, -0.2) is 61.6 Å². The lowest BCUT2D eigenvalue weighted by atomic mass is 9.99. The fraction of sp³-hybridized carbons (Fsp3) is 0.500. The fourth-order valence-corrected chi connectivity index (χ4v) is 6.44. The van der Waals surface area contributed by atoms with Gasteiger partial charge in [-0.1, -0.05) is 12.1 Å². The molecule has 7 nitrogen and oxygen atoms in total. The number of pyridine rings is 1. The number of sulfone groups is 1. The highest BCUT2D eigenvalue weighted by Crippen LogP contribution is 2.38. The van der Waals surface area contributed by atoms with Gasteiger partial charge in [0.05, 0.1) is 29.1 Å². The second-order valence-electron chi connectivity index (χ2n) is 9.31. The monoisotopic (exact) mass is 547 g/mol. The highest BCUT2D eigenvalue weighted by Gasteiger charge is 2.47. The van der Waals surface area contributed by atoms with Crippen LogP contribution in [0.2, 0.25) is 0 Å². The van der Waals surface area contributed by atoms with Gasteiger partial charge in [-0.3, -0.25) is 9.78 Å². The number of rotatable bonds is 7. The lowest BCUT2D eigenvalue weighted by Crippen LogP contribution is -2.44. The second-order valence-corrected chi connectivity index (χ2v) is 11.6.